The molecule has 94 valence electrons. The van der Waals surface area contributed by atoms with Gasteiger partial charge in [-0.2, -0.15) is 0 Å². The van der Waals surface area contributed by atoms with E-state index >= 15 is 0 Å². The maximum Gasteiger partial charge on any atom is 0.0962 e. The molecule has 0 aromatic rings. The summed E-state index contributed by atoms with van der Waals surface area (Å²) >= 11 is 3.64. The van der Waals surface area contributed by atoms with Crippen LogP contribution >= 0.6 is 15.9 Å². The van der Waals surface area contributed by atoms with Gasteiger partial charge in [-0.3, -0.25) is 0 Å². The van der Waals surface area contributed by atoms with Crippen LogP contribution in [0.4, 0.5) is 0 Å². The molecule has 2 rings (SSSR count). The predicted molar refractivity (Wildman–Crippen MR) is 69.1 cm³/mol. The highest BCUT2D eigenvalue weighted by molar-refractivity contribution is 9.09. The summed E-state index contributed by atoms with van der Waals surface area (Å²) in [6.07, 6.45) is 8.36. The molecule has 2 saturated carbocycles. The zero-order valence-electron chi connectivity index (χ0n) is 10.2. The van der Waals surface area contributed by atoms with Crippen molar-refractivity contribution in [1.82, 2.24) is 0 Å². The Bertz CT molecular complexity index is 206. The molecule has 2 nitrogen and oxygen atoms in total. The molecule has 0 aromatic carbocycles. The molecule has 0 N–H and O–H groups in total. The van der Waals surface area contributed by atoms with Crippen molar-refractivity contribution in [3.63, 3.8) is 0 Å². The van der Waals surface area contributed by atoms with Crippen LogP contribution in [0.15, 0.2) is 0 Å². The van der Waals surface area contributed by atoms with Crippen molar-refractivity contribution in [2.75, 3.05) is 13.2 Å². The summed E-state index contributed by atoms with van der Waals surface area (Å²) in [5.74, 6) is 0.954. The van der Waals surface area contributed by atoms with Gasteiger partial charge in [0.15, 0.2) is 0 Å². The summed E-state index contributed by atoms with van der Waals surface area (Å²) in [4.78, 5) is 0.507. The molecule has 3 atom stereocenters. The van der Waals surface area contributed by atoms with Gasteiger partial charge in [0.25, 0.3) is 0 Å². The van der Waals surface area contributed by atoms with Crippen LogP contribution in [-0.4, -0.2) is 30.2 Å². The molecule has 2 aliphatic rings. The first-order valence-corrected chi connectivity index (χ1v) is 7.60. The number of hydrogen-bond donors (Lipinski definition) is 0. The van der Waals surface area contributed by atoms with E-state index in [4.69, 9.17) is 9.47 Å². The van der Waals surface area contributed by atoms with E-state index < -0.39 is 0 Å². The van der Waals surface area contributed by atoms with Crippen LogP contribution in [0.1, 0.15) is 45.4 Å². The number of rotatable bonds is 7. The summed E-state index contributed by atoms with van der Waals surface area (Å²) in [7, 11) is 0. The fourth-order valence-electron chi connectivity index (χ4n) is 2.32. The highest BCUT2D eigenvalue weighted by Crippen LogP contribution is 2.34. The SMILES string of the molecule is CCCOC1C(Br)CC1OCCC1CCC1. The van der Waals surface area contributed by atoms with Crippen LogP contribution < -0.4 is 0 Å². The Balaban J connectivity index is 1.57. The standard InChI is InChI=1S/C13H23BrO2/c1-2-7-16-13-11(14)9-12(13)15-8-6-10-4-3-5-10/h10-13H,2-9H2,1H3. The van der Waals surface area contributed by atoms with Gasteiger partial charge in [0.1, 0.15) is 0 Å². The third-order valence-corrected chi connectivity index (χ3v) is 4.67. The molecule has 0 aliphatic heterocycles. The van der Waals surface area contributed by atoms with Gasteiger partial charge in [-0.1, -0.05) is 42.1 Å². The van der Waals surface area contributed by atoms with Crippen molar-refractivity contribution in [1.29, 1.82) is 0 Å². The molecule has 2 aliphatic carbocycles. The molecule has 16 heavy (non-hydrogen) atoms. The van der Waals surface area contributed by atoms with Crippen LogP contribution in [-0.2, 0) is 9.47 Å². The first-order chi connectivity index (χ1) is 7.81. The average Bonchev–Trinajstić information content (AvgIpc) is 2.20. The second-order valence-electron chi connectivity index (χ2n) is 5.08. The van der Waals surface area contributed by atoms with Crippen LogP contribution in [0.5, 0.6) is 0 Å². The van der Waals surface area contributed by atoms with E-state index in [0.29, 0.717) is 17.0 Å². The quantitative estimate of drug-likeness (QED) is 0.668. The lowest BCUT2D eigenvalue weighted by atomic mass is 9.83. The van der Waals surface area contributed by atoms with Crippen molar-refractivity contribution in [3.8, 4) is 0 Å². The molecular formula is C13H23BrO2. The Morgan fingerprint density at radius 3 is 2.56 bits per heavy atom. The highest BCUT2D eigenvalue weighted by atomic mass is 79.9. The van der Waals surface area contributed by atoms with E-state index in [0.717, 1.165) is 32.0 Å². The monoisotopic (exact) mass is 290 g/mol. The summed E-state index contributed by atoms with van der Waals surface area (Å²) in [5.41, 5.74) is 0. The fourth-order valence-corrected chi connectivity index (χ4v) is 3.18. The molecule has 0 radical (unpaired) electrons. The van der Waals surface area contributed by atoms with Crippen LogP contribution in [0.2, 0.25) is 0 Å². The Hall–Kier alpha value is 0.400. The van der Waals surface area contributed by atoms with Crippen molar-refractivity contribution in [2.24, 2.45) is 5.92 Å². The second kappa shape index (κ2) is 6.36. The van der Waals surface area contributed by atoms with Crippen molar-refractivity contribution in [2.45, 2.75) is 62.5 Å². The third-order valence-electron chi connectivity index (χ3n) is 3.78. The van der Waals surface area contributed by atoms with Gasteiger partial charge in [-0.15, -0.1) is 0 Å². The zero-order valence-corrected chi connectivity index (χ0v) is 11.7. The van der Waals surface area contributed by atoms with Crippen molar-refractivity contribution < 1.29 is 9.47 Å². The predicted octanol–water partition coefficient (Wildman–Crippen LogP) is 3.52. The molecule has 0 bridgehead atoms. The van der Waals surface area contributed by atoms with E-state index in [1.165, 1.54) is 25.7 Å². The first kappa shape index (κ1) is 12.8. The van der Waals surface area contributed by atoms with Crippen LogP contribution in [0.3, 0.4) is 0 Å². The van der Waals surface area contributed by atoms with E-state index in [2.05, 4.69) is 22.9 Å². The number of alkyl halides is 1. The third kappa shape index (κ3) is 3.21. The summed E-state index contributed by atoms with van der Waals surface area (Å²) in [6.45, 7) is 3.94. The molecule has 2 fully saturated rings. The summed E-state index contributed by atoms with van der Waals surface area (Å²) in [6, 6.07) is 0. The minimum Gasteiger partial charge on any atom is -0.375 e. The minimum atomic E-state index is 0.293. The highest BCUT2D eigenvalue weighted by Gasteiger charge is 2.41. The van der Waals surface area contributed by atoms with Gasteiger partial charge in [0, 0.05) is 18.0 Å². The number of ether oxygens (including phenoxy) is 2. The maximum atomic E-state index is 5.91. The Labute approximate surface area is 107 Å². The first-order valence-electron chi connectivity index (χ1n) is 6.68. The molecule has 3 unspecified atom stereocenters. The van der Waals surface area contributed by atoms with Gasteiger partial charge in [-0.25, -0.2) is 0 Å². The Morgan fingerprint density at radius 1 is 1.19 bits per heavy atom. The number of halogens is 1. The molecule has 3 heteroatoms. The number of hydrogen-bond acceptors (Lipinski definition) is 2. The second-order valence-corrected chi connectivity index (χ2v) is 6.26. The van der Waals surface area contributed by atoms with Crippen molar-refractivity contribution >= 4 is 15.9 Å². The van der Waals surface area contributed by atoms with E-state index in [1.807, 2.05) is 0 Å². The molecule has 0 amide bonds. The lowest BCUT2D eigenvalue weighted by molar-refractivity contribution is -0.123. The normalized spacial score (nSPS) is 34.5. The Kier molecular flexibility index (Phi) is 5.11. The molecular weight excluding hydrogens is 268 g/mol. The van der Waals surface area contributed by atoms with E-state index in [9.17, 15) is 0 Å². The smallest absolute Gasteiger partial charge is 0.0962 e. The molecule has 0 spiro atoms. The summed E-state index contributed by atoms with van der Waals surface area (Å²) < 4.78 is 11.7. The van der Waals surface area contributed by atoms with Crippen LogP contribution in [0.25, 0.3) is 0 Å². The van der Waals surface area contributed by atoms with Gasteiger partial charge in [0.05, 0.1) is 12.2 Å². The topological polar surface area (TPSA) is 18.5 Å². The lowest BCUT2D eigenvalue weighted by Crippen LogP contribution is -2.51. The van der Waals surface area contributed by atoms with Gasteiger partial charge in [-0.05, 0) is 25.2 Å². The minimum absolute atomic E-state index is 0.293. The van der Waals surface area contributed by atoms with Gasteiger partial charge < -0.3 is 9.47 Å². The molecule has 0 aromatic heterocycles. The van der Waals surface area contributed by atoms with Crippen LogP contribution in [0, 0.1) is 5.92 Å². The Morgan fingerprint density at radius 2 is 2.00 bits per heavy atom. The molecule has 0 heterocycles. The maximum absolute atomic E-state index is 5.91. The zero-order chi connectivity index (χ0) is 11.4. The molecule has 0 saturated heterocycles. The van der Waals surface area contributed by atoms with Gasteiger partial charge in [0.2, 0.25) is 0 Å². The van der Waals surface area contributed by atoms with E-state index in [1.54, 1.807) is 0 Å². The fraction of sp³-hybridized carbons (Fsp3) is 1.00. The van der Waals surface area contributed by atoms with Gasteiger partial charge >= 0.3 is 0 Å². The van der Waals surface area contributed by atoms with Crippen molar-refractivity contribution in [3.05, 3.63) is 0 Å². The largest absolute Gasteiger partial charge is 0.375 e. The summed E-state index contributed by atoms with van der Waals surface area (Å²) in [5, 5.41) is 0. The van der Waals surface area contributed by atoms with E-state index in [-0.39, 0.29) is 0 Å². The average molecular weight is 291 g/mol. The lowest BCUT2D eigenvalue weighted by Gasteiger charge is -2.41.